The summed E-state index contributed by atoms with van der Waals surface area (Å²) in [6, 6.07) is 6.09. The predicted octanol–water partition coefficient (Wildman–Crippen LogP) is 3.18. The first-order valence-electron chi connectivity index (χ1n) is 5.67. The minimum atomic E-state index is -0.827. The lowest BCUT2D eigenvalue weighted by Crippen LogP contribution is -2.21. The van der Waals surface area contributed by atoms with Crippen LogP contribution in [0.2, 0.25) is 0 Å². The van der Waals surface area contributed by atoms with E-state index in [1.807, 2.05) is 18.5 Å². The molecule has 2 heterocycles. The highest BCUT2D eigenvalue weighted by molar-refractivity contribution is 7.12. The van der Waals surface area contributed by atoms with Crippen LogP contribution in [0, 0.1) is 0 Å². The molecule has 0 saturated heterocycles. The molecule has 2 aromatic heterocycles. The number of likely N-dealkylation sites (N-methyl/N-ethyl adjacent to an activating group) is 1. The third-order valence-electron chi connectivity index (χ3n) is 2.70. The van der Waals surface area contributed by atoms with Crippen LogP contribution in [0.25, 0.3) is 0 Å². The zero-order valence-electron chi connectivity index (χ0n) is 10.1. The predicted molar refractivity (Wildman–Crippen MR) is 75.6 cm³/mol. The summed E-state index contributed by atoms with van der Waals surface area (Å²) < 4.78 is 0. The summed E-state index contributed by atoms with van der Waals surface area (Å²) in [5, 5.41) is 13.0. The van der Waals surface area contributed by atoms with Crippen molar-refractivity contribution in [2.75, 3.05) is 13.6 Å². The van der Waals surface area contributed by atoms with E-state index in [-0.39, 0.29) is 0 Å². The Bertz CT molecular complexity index is 505. The number of nitrogens with zero attached hydrogens (tertiary/aromatic N) is 1. The minimum Gasteiger partial charge on any atom is -0.477 e. The van der Waals surface area contributed by atoms with Gasteiger partial charge >= 0.3 is 5.97 Å². The number of carbonyl (C=O) groups is 1. The highest BCUT2D eigenvalue weighted by Crippen LogP contribution is 2.18. The van der Waals surface area contributed by atoms with Crippen LogP contribution in [0.15, 0.2) is 29.0 Å². The lowest BCUT2D eigenvalue weighted by atomic mass is 10.2. The number of rotatable bonds is 6. The van der Waals surface area contributed by atoms with E-state index in [0.29, 0.717) is 11.4 Å². The molecule has 0 unspecified atom stereocenters. The molecule has 5 heteroatoms. The average Bonchev–Trinajstić information content (AvgIpc) is 2.96. The Morgan fingerprint density at radius 2 is 2.17 bits per heavy atom. The van der Waals surface area contributed by atoms with Gasteiger partial charge in [0.25, 0.3) is 0 Å². The topological polar surface area (TPSA) is 40.5 Å². The van der Waals surface area contributed by atoms with E-state index >= 15 is 0 Å². The van der Waals surface area contributed by atoms with Crippen LogP contribution in [0.1, 0.15) is 20.1 Å². The third-order valence-corrected chi connectivity index (χ3v) is 4.58. The van der Waals surface area contributed by atoms with E-state index in [9.17, 15) is 4.79 Å². The van der Waals surface area contributed by atoms with Crippen molar-refractivity contribution in [3.05, 3.63) is 44.3 Å². The molecule has 0 spiro atoms. The van der Waals surface area contributed by atoms with Gasteiger partial charge in [-0.3, -0.25) is 0 Å². The van der Waals surface area contributed by atoms with Crippen LogP contribution in [-0.2, 0) is 13.0 Å². The van der Waals surface area contributed by atoms with E-state index in [2.05, 4.69) is 22.4 Å². The standard InChI is InChI=1S/C13H15NO2S2/c1-14(6-4-11-3-2-7-17-11)9-10-5-8-18-12(10)13(15)16/h2-3,5,7-8H,4,6,9H2,1H3,(H,15,16). The second-order valence-corrected chi connectivity index (χ2v) is 6.10. The van der Waals surface area contributed by atoms with E-state index in [1.54, 1.807) is 11.3 Å². The Labute approximate surface area is 114 Å². The van der Waals surface area contributed by atoms with Crippen LogP contribution in [0.4, 0.5) is 0 Å². The van der Waals surface area contributed by atoms with Gasteiger partial charge in [-0.25, -0.2) is 4.79 Å². The third kappa shape index (κ3) is 3.41. The number of aromatic carboxylic acids is 1. The fourth-order valence-corrected chi connectivity index (χ4v) is 3.22. The zero-order chi connectivity index (χ0) is 13.0. The smallest absolute Gasteiger partial charge is 0.346 e. The van der Waals surface area contributed by atoms with Gasteiger partial charge in [0.1, 0.15) is 4.88 Å². The maximum absolute atomic E-state index is 11.0. The fourth-order valence-electron chi connectivity index (χ4n) is 1.77. The van der Waals surface area contributed by atoms with Crippen LogP contribution < -0.4 is 0 Å². The van der Waals surface area contributed by atoms with Gasteiger partial charge in [-0.1, -0.05) is 6.07 Å². The van der Waals surface area contributed by atoms with E-state index in [4.69, 9.17) is 5.11 Å². The molecule has 0 atom stereocenters. The normalized spacial score (nSPS) is 11.0. The molecule has 2 rings (SSSR count). The molecular weight excluding hydrogens is 266 g/mol. The van der Waals surface area contributed by atoms with Crippen molar-refractivity contribution in [2.45, 2.75) is 13.0 Å². The monoisotopic (exact) mass is 281 g/mol. The molecule has 96 valence electrons. The Morgan fingerprint density at radius 1 is 1.33 bits per heavy atom. The molecule has 18 heavy (non-hydrogen) atoms. The van der Waals surface area contributed by atoms with Crippen molar-refractivity contribution >= 4 is 28.6 Å². The second-order valence-electron chi connectivity index (χ2n) is 4.15. The van der Waals surface area contributed by atoms with Gasteiger partial charge in [0, 0.05) is 18.0 Å². The summed E-state index contributed by atoms with van der Waals surface area (Å²) in [4.78, 5) is 15.0. The van der Waals surface area contributed by atoms with Gasteiger partial charge in [-0.15, -0.1) is 22.7 Å². The molecule has 3 nitrogen and oxygen atoms in total. The molecule has 0 amide bonds. The Kier molecular flexibility index (Phi) is 4.52. The van der Waals surface area contributed by atoms with Gasteiger partial charge in [-0.05, 0) is 41.9 Å². The van der Waals surface area contributed by atoms with Gasteiger partial charge in [0.15, 0.2) is 0 Å². The van der Waals surface area contributed by atoms with Gasteiger partial charge in [-0.2, -0.15) is 0 Å². The van der Waals surface area contributed by atoms with Crippen LogP contribution in [0.3, 0.4) is 0 Å². The van der Waals surface area contributed by atoms with Crippen molar-refractivity contribution in [3.63, 3.8) is 0 Å². The maximum atomic E-state index is 11.0. The second kappa shape index (κ2) is 6.13. The van der Waals surface area contributed by atoms with Crippen LogP contribution in [-0.4, -0.2) is 29.6 Å². The molecule has 2 aromatic rings. The fraction of sp³-hybridized carbons (Fsp3) is 0.308. The first kappa shape index (κ1) is 13.3. The summed E-state index contributed by atoms with van der Waals surface area (Å²) >= 11 is 3.05. The van der Waals surface area contributed by atoms with Crippen molar-refractivity contribution in [1.82, 2.24) is 4.90 Å². The molecule has 0 aliphatic rings. The van der Waals surface area contributed by atoms with Gasteiger partial charge < -0.3 is 10.0 Å². The summed E-state index contributed by atoms with van der Waals surface area (Å²) in [6.07, 6.45) is 1.01. The number of carboxylic acid groups (broad SMARTS) is 1. The molecule has 0 aliphatic heterocycles. The number of hydrogen-bond donors (Lipinski definition) is 1. The van der Waals surface area contributed by atoms with Crippen molar-refractivity contribution in [1.29, 1.82) is 0 Å². The molecule has 0 radical (unpaired) electrons. The van der Waals surface area contributed by atoms with E-state index < -0.39 is 5.97 Å². The maximum Gasteiger partial charge on any atom is 0.346 e. The summed E-state index contributed by atoms with van der Waals surface area (Å²) in [7, 11) is 2.02. The molecule has 0 aliphatic carbocycles. The zero-order valence-corrected chi connectivity index (χ0v) is 11.8. The number of hydrogen-bond acceptors (Lipinski definition) is 4. The molecular formula is C13H15NO2S2. The SMILES string of the molecule is CN(CCc1cccs1)Cc1ccsc1C(=O)O. The summed E-state index contributed by atoms with van der Waals surface area (Å²) in [5.41, 5.74) is 0.904. The highest BCUT2D eigenvalue weighted by atomic mass is 32.1. The molecule has 1 N–H and O–H groups in total. The quantitative estimate of drug-likeness (QED) is 0.884. The summed E-state index contributed by atoms with van der Waals surface area (Å²) in [6.45, 7) is 1.63. The summed E-state index contributed by atoms with van der Waals surface area (Å²) in [5.74, 6) is -0.827. The van der Waals surface area contributed by atoms with Gasteiger partial charge in [0.05, 0.1) is 0 Å². The molecule has 0 fully saturated rings. The Balaban J connectivity index is 1.88. The lowest BCUT2D eigenvalue weighted by Gasteiger charge is -2.15. The largest absolute Gasteiger partial charge is 0.477 e. The van der Waals surface area contributed by atoms with Crippen LogP contribution >= 0.6 is 22.7 Å². The average molecular weight is 281 g/mol. The number of carboxylic acids is 1. The van der Waals surface area contributed by atoms with Crippen molar-refractivity contribution in [2.24, 2.45) is 0 Å². The van der Waals surface area contributed by atoms with E-state index in [0.717, 1.165) is 18.5 Å². The van der Waals surface area contributed by atoms with Crippen LogP contribution in [0.5, 0.6) is 0 Å². The van der Waals surface area contributed by atoms with Gasteiger partial charge in [0.2, 0.25) is 0 Å². The number of thiophene rings is 2. The molecule has 0 aromatic carbocycles. The van der Waals surface area contributed by atoms with Crippen molar-refractivity contribution in [3.8, 4) is 0 Å². The lowest BCUT2D eigenvalue weighted by molar-refractivity contribution is 0.0700. The molecule has 0 saturated carbocycles. The first-order chi connectivity index (χ1) is 8.66. The first-order valence-corrected chi connectivity index (χ1v) is 7.43. The van der Waals surface area contributed by atoms with Crippen molar-refractivity contribution < 1.29 is 9.90 Å². The Morgan fingerprint density at radius 3 is 2.83 bits per heavy atom. The Hall–Kier alpha value is -1.17. The molecule has 0 bridgehead atoms. The van der Waals surface area contributed by atoms with E-state index in [1.165, 1.54) is 16.2 Å². The highest BCUT2D eigenvalue weighted by Gasteiger charge is 2.13. The minimum absolute atomic E-state index is 0.456.